The smallest absolute Gasteiger partial charge is 0.145 e. The number of H-pyrrole nitrogens is 1. The summed E-state index contributed by atoms with van der Waals surface area (Å²) in [6.45, 7) is 1.73. The molecule has 2 aromatic rings. The number of hydrogen-bond acceptors (Lipinski definition) is 4. The van der Waals surface area contributed by atoms with Crippen molar-refractivity contribution in [2.75, 3.05) is 13.6 Å². The molecule has 0 fully saturated rings. The number of rotatable bonds is 5. The lowest BCUT2D eigenvalue weighted by Crippen LogP contribution is -2.29. The van der Waals surface area contributed by atoms with Gasteiger partial charge in [0, 0.05) is 25.2 Å². The number of likely N-dealkylation sites (N-methyl/N-ethyl adjacent to an activating group) is 1. The van der Waals surface area contributed by atoms with E-state index in [9.17, 15) is 0 Å². The Morgan fingerprint density at radius 2 is 2.13 bits per heavy atom. The number of benzene rings is 1. The number of nitrogens with zero attached hydrogens (tertiary/aromatic N) is 3. The summed E-state index contributed by atoms with van der Waals surface area (Å²) in [4.78, 5) is 7.90. The van der Waals surface area contributed by atoms with Crippen molar-refractivity contribution in [2.45, 2.75) is 38.3 Å². The quantitative estimate of drug-likeness (QED) is 0.923. The fourth-order valence-corrected chi connectivity index (χ4v) is 3.51. The van der Waals surface area contributed by atoms with E-state index < -0.39 is 0 Å². The predicted molar refractivity (Wildman–Crippen MR) is 89.4 cm³/mol. The molecule has 23 heavy (non-hydrogen) atoms. The van der Waals surface area contributed by atoms with Crippen molar-refractivity contribution in [1.29, 1.82) is 0 Å². The highest BCUT2D eigenvalue weighted by Gasteiger charge is 2.25. The number of aryl methyl sites for hydroxylation is 1. The van der Waals surface area contributed by atoms with Crippen LogP contribution in [0.1, 0.15) is 35.4 Å². The molecule has 1 N–H and O–H groups in total. The second-order valence-corrected chi connectivity index (χ2v) is 6.51. The molecule has 0 saturated carbocycles. The monoisotopic (exact) mass is 310 g/mol. The fourth-order valence-electron chi connectivity index (χ4n) is 3.51. The van der Waals surface area contributed by atoms with Crippen LogP contribution >= 0.6 is 0 Å². The molecule has 1 aromatic heterocycles. The van der Waals surface area contributed by atoms with Crippen molar-refractivity contribution in [3.8, 4) is 0 Å². The fraction of sp³-hybridized carbons (Fsp3) is 0.444. The minimum Gasteiger partial charge on any atom is -0.390 e. The normalized spacial score (nSPS) is 19.7. The molecular weight excluding hydrogens is 288 g/mol. The maximum atomic E-state index is 5.62. The number of aromatic nitrogens is 2. The molecule has 0 spiro atoms. The average Bonchev–Trinajstić information content (AvgIpc) is 3.27. The first-order chi connectivity index (χ1) is 11.3. The highest BCUT2D eigenvalue weighted by molar-refractivity contribution is 6.01. The van der Waals surface area contributed by atoms with Crippen molar-refractivity contribution in [1.82, 2.24) is 15.1 Å². The van der Waals surface area contributed by atoms with Gasteiger partial charge in [-0.3, -0.25) is 10.00 Å². The van der Waals surface area contributed by atoms with Crippen molar-refractivity contribution >= 4 is 5.71 Å². The molecule has 1 aliphatic carbocycles. The molecule has 4 rings (SSSR count). The van der Waals surface area contributed by atoms with E-state index >= 15 is 0 Å². The van der Waals surface area contributed by atoms with Crippen molar-refractivity contribution in [3.63, 3.8) is 0 Å². The van der Waals surface area contributed by atoms with Gasteiger partial charge in [0.25, 0.3) is 0 Å². The molecule has 0 radical (unpaired) electrons. The lowest BCUT2D eigenvalue weighted by Gasteiger charge is -2.19. The Morgan fingerprint density at radius 3 is 3.00 bits per heavy atom. The zero-order chi connectivity index (χ0) is 15.6. The molecule has 5 heteroatoms. The van der Waals surface area contributed by atoms with E-state index in [-0.39, 0.29) is 6.10 Å². The molecule has 2 heterocycles. The van der Waals surface area contributed by atoms with E-state index in [1.165, 1.54) is 23.4 Å². The van der Waals surface area contributed by atoms with E-state index in [0.717, 1.165) is 43.6 Å². The summed E-state index contributed by atoms with van der Waals surface area (Å²) in [6.07, 6.45) is 4.55. The van der Waals surface area contributed by atoms with E-state index in [0.29, 0.717) is 0 Å². The third-order valence-electron chi connectivity index (χ3n) is 4.67. The average molecular weight is 310 g/mol. The number of hydrogen-bond donors (Lipinski definition) is 1. The first kappa shape index (κ1) is 14.5. The Hall–Kier alpha value is -2.14. The van der Waals surface area contributed by atoms with Crippen LogP contribution in [-0.2, 0) is 24.2 Å². The summed E-state index contributed by atoms with van der Waals surface area (Å²) in [5, 5.41) is 11.9. The van der Waals surface area contributed by atoms with Gasteiger partial charge >= 0.3 is 0 Å². The Morgan fingerprint density at radius 1 is 1.26 bits per heavy atom. The van der Waals surface area contributed by atoms with Crippen LogP contribution in [0.4, 0.5) is 0 Å². The number of aromatic amines is 1. The molecule has 0 amide bonds. The van der Waals surface area contributed by atoms with Gasteiger partial charge in [0.2, 0.25) is 0 Å². The zero-order valence-electron chi connectivity index (χ0n) is 13.5. The van der Waals surface area contributed by atoms with Crippen molar-refractivity contribution in [2.24, 2.45) is 5.16 Å². The van der Waals surface area contributed by atoms with E-state index in [1.807, 2.05) is 18.2 Å². The Kier molecular flexibility index (Phi) is 3.87. The molecule has 1 aromatic carbocycles. The van der Waals surface area contributed by atoms with Crippen LogP contribution in [0.3, 0.4) is 0 Å². The molecule has 120 valence electrons. The minimum absolute atomic E-state index is 0.127. The van der Waals surface area contributed by atoms with Gasteiger partial charge in [-0.15, -0.1) is 0 Å². The topological polar surface area (TPSA) is 53.5 Å². The maximum absolute atomic E-state index is 5.62. The van der Waals surface area contributed by atoms with Crippen molar-refractivity contribution in [3.05, 3.63) is 52.8 Å². The standard InChI is InChI=1S/C18H22N4O/c1-22(12-18-15-8-5-9-16(15)19-20-18)11-14-10-17(21-23-14)13-6-3-2-4-7-13/h2-4,6-7,14H,5,8-12H2,1H3,(H,19,20)/t14-/m1/s1. The molecule has 1 aliphatic heterocycles. The summed E-state index contributed by atoms with van der Waals surface area (Å²) in [7, 11) is 2.12. The van der Waals surface area contributed by atoms with Gasteiger partial charge in [-0.1, -0.05) is 35.5 Å². The van der Waals surface area contributed by atoms with Crippen LogP contribution in [0.2, 0.25) is 0 Å². The Bertz CT molecular complexity index is 707. The van der Waals surface area contributed by atoms with Gasteiger partial charge in [-0.05, 0) is 37.4 Å². The summed E-state index contributed by atoms with van der Waals surface area (Å²) < 4.78 is 0. The maximum Gasteiger partial charge on any atom is 0.145 e. The third-order valence-corrected chi connectivity index (χ3v) is 4.67. The van der Waals surface area contributed by atoms with Gasteiger partial charge in [0.1, 0.15) is 6.10 Å². The van der Waals surface area contributed by atoms with Gasteiger partial charge in [-0.25, -0.2) is 0 Å². The number of fused-ring (bicyclic) bond motifs is 1. The van der Waals surface area contributed by atoms with E-state index in [4.69, 9.17) is 4.84 Å². The molecular formula is C18H22N4O. The largest absolute Gasteiger partial charge is 0.390 e. The van der Waals surface area contributed by atoms with Crippen LogP contribution in [0.5, 0.6) is 0 Å². The first-order valence-corrected chi connectivity index (χ1v) is 8.31. The molecule has 5 nitrogen and oxygen atoms in total. The van der Waals surface area contributed by atoms with Crippen LogP contribution < -0.4 is 0 Å². The summed E-state index contributed by atoms with van der Waals surface area (Å²) in [6, 6.07) is 10.3. The van der Waals surface area contributed by atoms with Gasteiger partial charge in [0.15, 0.2) is 0 Å². The molecule has 2 aliphatic rings. The van der Waals surface area contributed by atoms with Crippen LogP contribution in [-0.4, -0.2) is 40.5 Å². The predicted octanol–water partition coefficient (Wildman–Crippen LogP) is 2.52. The lowest BCUT2D eigenvalue weighted by atomic mass is 10.0. The van der Waals surface area contributed by atoms with E-state index in [2.05, 4.69) is 39.4 Å². The van der Waals surface area contributed by atoms with E-state index in [1.54, 1.807) is 0 Å². The highest BCUT2D eigenvalue weighted by atomic mass is 16.6. The highest BCUT2D eigenvalue weighted by Crippen LogP contribution is 2.24. The first-order valence-electron chi connectivity index (χ1n) is 8.31. The minimum atomic E-state index is 0.127. The molecule has 1 atom stereocenters. The number of oxime groups is 1. The van der Waals surface area contributed by atoms with Gasteiger partial charge in [-0.2, -0.15) is 5.10 Å². The van der Waals surface area contributed by atoms with Crippen LogP contribution in [0.15, 0.2) is 35.5 Å². The summed E-state index contributed by atoms with van der Waals surface area (Å²) >= 11 is 0. The molecule has 0 unspecified atom stereocenters. The van der Waals surface area contributed by atoms with Gasteiger partial charge in [0.05, 0.1) is 11.4 Å². The molecule has 0 bridgehead atoms. The molecule has 0 saturated heterocycles. The Labute approximate surface area is 136 Å². The zero-order valence-corrected chi connectivity index (χ0v) is 13.5. The third kappa shape index (κ3) is 3.01. The van der Waals surface area contributed by atoms with Crippen LogP contribution in [0.25, 0.3) is 0 Å². The van der Waals surface area contributed by atoms with Crippen molar-refractivity contribution < 1.29 is 4.84 Å². The second kappa shape index (κ2) is 6.16. The lowest BCUT2D eigenvalue weighted by molar-refractivity contribution is 0.0573. The second-order valence-electron chi connectivity index (χ2n) is 6.51. The number of nitrogens with one attached hydrogen (secondary N) is 1. The van der Waals surface area contributed by atoms with Crippen LogP contribution in [0, 0.1) is 0 Å². The Balaban J connectivity index is 1.33. The van der Waals surface area contributed by atoms with Gasteiger partial charge < -0.3 is 4.84 Å². The summed E-state index contributed by atoms with van der Waals surface area (Å²) in [5.41, 5.74) is 6.17. The SMILES string of the molecule is CN(Cc1n[nH]c2c1CCC2)C[C@H]1CC(c2ccccc2)=NO1. The summed E-state index contributed by atoms with van der Waals surface area (Å²) in [5.74, 6) is 0.